The predicted octanol–water partition coefficient (Wildman–Crippen LogP) is 2.42. The number of hydrogen-bond donors (Lipinski definition) is 0. The molecule has 1 aromatic carbocycles. The highest BCUT2D eigenvalue weighted by Crippen LogP contribution is 2.21. The summed E-state index contributed by atoms with van der Waals surface area (Å²) in [6, 6.07) is 10.9. The van der Waals surface area contributed by atoms with E-state index in [1.54, 1.807) is 47.6 Å². The molecule has 5 nitrogen and oxygen atoms in total. The van der Waals surface area contributed by atoms with E-state index < -0.39 is 0 Å². The van der Waals surface area contributed by atoms with Gasteiger partial charge in [0.1, 0.15) is 11.9 Å². The Labute approximate surface area is 135 Å². The first kappa shape index (κ1) is 15.0. The Balaban J connectivity index is 1.58. The zero-order valence-corrected chi connectivity index (χ0v) is 12.9. The number of amides is 1. The smallest absolute Gasteiger partial charge is 0.254 e. The lowest BCUT2D eigenvalue weighted by atomic mass is 10.0. The summed E-state index contributed by atoms with van der Waals surface area (Å²) in [6.45, 7) is 3.16. The molecule has 0 N–H and O–H groups in total. The zero-order valence-electron chi connectivity index (χ0n) is 12.9. The third kappa shape index (κ3) is 3.16. The number of nitriles is 1. The van der Waals surface area contributed by atoms with Gasteiger partial charge in [0.15, 0.2) is 0 Å². The molecule has 1 amide bonds. The molecular formula is C18H17N3O2. The minimum absolute atomic E-state index is 0.00111. The second-order valence-corrected chi connectivity index (χ2v) is 5.47. The molecule has 1 fully saturated rings. The minimum Gasteiger partial charge on any atom is -0.487 e. The van der Waals surface area contributed by atoms with Crippen LogP contribution in [0.2, 0.25) is 0 Å². The lowest BCUT2D eigenvalue weighted by molar-refractivity contribution is 0.0177. The molecule has 5 heteroatoms. The number of aromatic nitrogens is 1. The SMILES string of the molecule is CCc1cnccc1C(=O)N1CC(Oc2ccc(C#N)cc2)C1. The lowest BCUT2D eigenvalue weighted by Crippen LogP contribution is -2.56. The van der Waals surface area contributed by atoms with Crippen LogP contribution in [0.5, 0.6) is 5.75 Å². The summed E-state index contributed by atoms with van der Waals surface area (Å²) < 4.78 is 5.81. The van der Waals surface area contributed by atoms with Crippen LogP contribution in [0.1, 0.15) is 28.4 Å². The van der Waals surface area contributed by atoms with Crippen LogP contribution < -0.4 is 4.74 Å². The second kappa shape index (κ2) is 6.49. The molecule has 0 spiro atoms. The normalized spacial score (nSPS) is 14.0. The van der Waals surface area contributed by atoms with Gasteiger partial charge in [-0.25, -0.2) is 0 Å². The Morgan fingerprint density at radius 1 is 1.35 bits per heavy atom. The van der Waals surface area contributed by atoms with Gasteiger partial charge in [-0.05, 0) is 42.3 Å². The topological polar surface area (TPSA) is 66.2 Å². The molecule has 116 valence electrons. The predicted molar refractivity (Wildman–Crippen MR) is 85.1 cm³/mol. The maximum Gasteiger partial charge on any atom is 0.254 e. The van der Waals surface area contributed by atoms with E-state index >= 15 is 0 Å². The van der Waals surface area contributed by atoms with Crippen LogP contribution in [0.25, 0.3) is 0 Å². The minimum atomic E-state index is -0.00111. The maximum atomic E-state index is 12.5. The van der Waals surface area contributed by atoms with Crippen LogP contribution in [0, 0.1) is 11.3 Å². The molecule has 0 radical (unpaired) electrons. The van der Waals surface area contributed by atoms with Crippen LogP contribution in [-0.2, 0) is 6.42 Å². The molecule has 2 aromatic rings. The van der Waals surface area contributed by atoms with Crippen molar-refractivity contribution >= 4 is 5.91 Å². The fourth-order valence-electron chi connectivity index (χ4n) is 2.57. The van der Waals surface area contributed by atoms with Gasteiger partial charge >= 0.3 is 0 Å². The number of aryl methyl sites for hydroxylation is 1. The van der Waals surface area contributed by atoms with E-state index in [-0.39, 0.29) is 12.0 Å². The molecule has 0 saturated carbocycles. The molecule has 1 saturated heterocycles. The van der Waals surface area contributed by atoms with Crippen LogP contribution in [0.15, 0.2) is 42.7 Å². The third-order valence-electron chi connectivity index (χ3n) is 3.94. The van der Waals surface area contributed by atoms with Crippen molar-refractivity contribution in [2.75, 3.05) is 13.1 Å². The van der Waals surface area contributed by atoms with E-state index in [1.807, 2.05) is 6.92 Å². The van der Waals surface area contributed by atoms with Crippen LogP contribution in [0.3, 0.4) is 0 Å². The Bertz CT molecular complexity index is 744. The lowest BCUT2D eigenvalue weighted by Gasteiger charge is -2.39. The molecule has 0 bridgehead atoms. The van der Waals surface area contributed by atoms with Gasteiger partial charge in [-0.15, -0.1) is 0 Å². The molecule has 1 aliphatic rings. The van der Waals surface area contributed by atoms with Gasteiger partial charge in [-0.2, -0.15) is 5.26 Å². The number of ether oxygens (including phenoxy) is 1. The van der Waals surface area contributed by atoms with Crippen molar-refractivity contribution in [3.05, 3.63) is 59.4 Å². The molecule has 0 aliphatic carbocycles. The van der Waals surface area contributed by atoms with Crippen molar-refractivity contribution < 1.29 is 9.53 Å². The average molecular weight is 307 g/mol. The number of benzene rings is 1. The molecule has 2 heterocycles. The Kier molecular flexibility index (Phi) is 4.24. The van der Waals surface area contributed by atoms with E-state index in [2.05, 4.69) is 11.1 Å². The number of pyridine rings is 1. The number of carbonyl (C=O) groups is 1. The fraction of sp³-hybridized carbons (Fsp3) is 0.278. The van der Waals surface area contributed by atoms with Crippen molar-refractivity contribution in [3.8, 4) is 11.8 Å². The van der Waals surface area contributed by atoms with E-state index in [0.29, 0.717) is 18.7 Å². The van der Waals surface area contributed by atoms with Crippen molar-refractivity contribution in [1.82, 2.24) is 9.88 Å². The highest BCUT2D eigenvalue weighted by atomic mass is 16.5. The molecule has 23 heavy (non-hydrogen) atoms. The summed E-state index contributed by atoms with van der Waals surface area (Å²) in [5.41, 5.74) is 2.29. The molecular weight excluding hydrogens is 290 g/mol. The molecule has 0 atom stereocenters. The number of rotatable bonds is 4. The maximum absolute atomic E-state index is 12.5. The van der Waals surface area contributed by atoms with Gasteiger partial charge in [-0.1, -0.05) is 6.92 Å². The first-order chi connectivity index (χ1) is 11.2. The van der Waals surface area contributed by atoms with Crippen molar-refractivity contribution in [2.45, 2.75) is 19.4 Å². The Morgan fingerprint density at radius 3 is 2.74 bits per heavy atom. The van der Waals surface area contributed by atoms with Gasteiger partial charge in [0.25, 0.3) is 5.91 Å². The first-order valence-corrected chi connectivity index (χ1v) is 7.60. The number of carbonyl (C=O) groups excluding carboxylic acids is 1. The second-order valence-electron chi connectivity index (χ2n) is 5.47. The van der Waals surface area contributed by atoms with Crippen molar-refractivity contribution in [2.24, 2.45) is 0 Å². The number of nitrogens with zero attached hydrogens (tertiary/aromatic N) is 3. The van der Waals surface area contributed by atoms with Crippen molar-refractivity contribution in [3.63, 3.8) is 0 Å². The van der Waals surface area contributed by atoms with Gasteiger partial charge in [-0.3, -0.25) is 9.78 Å². The third-order valence-corrected chi connectivity index (χ3v) is 3.94. The molecule has 1 aliphatic heterocycles. The molecule has 3 rings (SSSR count). The first-order valence-electron chi connectivity index (χ1n) is 7.60. The monoisotopic (exact) mass is 307 g/mol. The largest absolute Gasteiger partial charge is 0.487 e. The van der Waals surface area contributed by atoms with E-state index in [4.69, 9.17) is 10.00 Å². The zero-order chi connectivity index (χ0) is 16.2. The van der Waals surface area contributed by atoms with E-state index in [0.717, 1.165) is 23.3 Å². The quantitative estimate of drug-likeness (QED) is 0.870. The summed E-state index contributed by atoms with van der Waals surface area (Å²) in [4.78, 5) is 18.3. The van der Waals surface area contributed by atoms with E-state index in [1.165, 1.54) is 0 Å². The fourth-order valence-corrected chi connectivity index (χ4v) is 2.57. The highest BCUT2D eigenvalue weighted by Gasteiger charge is 2.33. The van der Waals surface area contributed by atoms with Gasteiger partial charge in [0, 0.05) is 18.0 Å². The molecule has 1 aromatic heterocycles. The highest BCUT2D eigenvalue weighted by molar-refractivity contribution is 5.96. The molecule has 0 unspecified atom stereocenters. The summed E-state index contributed by atoms with van der Waals surface area (Å²) in [5.74, 6) is 0.753. The Morgan fingerprint density at radius 2 is 2.09 bits per heavy atom. The summed E-state index contributed by atoms with van der Waals surface area (Å²) in [6.07, 6.45) is 4.18. The summed E-state index contributed by atoms with van der Waals surface area (Å²) in [5, 5.41) is 8.78. The summed E-state index contributed by atoms with van der Waals surface area (Å²) in [7, 11) is 0. The van der Waals surface area contributed by atoms with Crippen LogP contribution in [-0.4, -0.2) is 35.0 Å². The average Bonchev–Trinajstić information content (AvgIpc) is 2.57. The van der Waals surface area contributed by atoms with Crippen molar-refractivity contribution in [1.29, 1.82) is 5.26 Å². The van der Waals surface area contributed by atoms with Gasteiger partial charge in [0.2, 0.25) is 0 Å². The van der Waals surface area contributed by atoms with E-state index in [9.17, 15) is 4.79 Å². The van der Waals surface area contributed by atoms with Crippen LogP contribution in [0.4, 0.5) is 0 Å². The summed E-state index contributed by atoms with van der Waals surface area (Å²) >= 11 is 0. The Hall–Kier alpha value is -2.87. The van der Waals surface area contributed by atoms with Gasteiger partial charge in [0.05, 0.1) is 24.7 Å². The number of hydrogen-bond acceptors (Lipinski definition) is 4. The standard InChI is InChI=1S/C18H17N3O2/c1-2-14-10-20-8-7-17(14)18(22)21-11-16(12-21)23-15-5-3-13(9-19)4-6-15/h3-8,10,16H,2,11-12H2,1H3. The number of likely N-dealkylation sites (tertiary alicyclic amines) is 1. The van der Waals surface area contributed by atoms with Crippen LogP contribution >= 0.6 is 0 Å². The van der Waals surface area contributed by atoms with Gasteiger partial charge < -0.3 is 9.64 Å².